The zero-order valence-electron chi connectivity index (χ0n) is 14.5. The molecule has 0 aliphatic carbocycles. The van der Waals surface area contributed by atoms with Crippen molar-refractivity contribution in [2.24, 2.45) is 4.99 Å². The fourth-order valence-electron chi connectivity index (χ4n) is 3.15. The second kappa shape index (κ2) is 7.79. The van der Waals surface area contributed by atoms with E-state index in [2.05, 4.69) is 14.7 Å². The van der Waals surface area contributed by atoms with Gasteiger partial charge in [-0.2, -0.15) is 0 Å². The first-order valence-electron chi connectivity index (χ1n) is 8.36. The van der Waals surface area contributed by atoms with Crippen molar-refractivity contribution in [1.82, 2.24) is 14.6 Å². The SMILES string of the molecule is COC(=O)C1=C2CC(NSc3ccccc3F)CN2C(c2nccs2)=NC1. The van der Waals surface area contributed by atoms with Crippen molar-refractivity contribution in [3.63, 3.8) is 0 Å². The smallest absolute Gasteiger partial charge is 0.337 e. The molecule has 2 aliphatic rings. The number of benzene rings is 1. The third kappa shape index (κ3) is 3.62. The minimum absolute atomic E-state index is 0.0347. The number of ether oxygens (including phenoxy) is 1. The van der Waals surface area contributed by atoms with E-state index in [0.29, 0.717) is 23.4 Å². The standard InChI is InChI=1S/C18H17FN4O2S2/c1-25-18(24)12-9-21-16(17-20-6-7-26-17)23-10-11(8-14(12)23)22-27-15-5-3-2-4-13(15)19/h2-7,11,22H,8-10H2,1H3. The van der Waals surface area contributed by atoms with Gasteiger partial charge in [-0.1, -0.05) is 12.1 Å². The highest BCUT2D eigenvalue weighted by atomic mass is 32.2. The maximum atomic E-state index is 13.9. The van der Waals surface area contributed by atoms with Gasteiger partial charge in [0.25, 0.3) is 0 Å². The van der Waals surface area contributed by atoms with E-state index in [-0.39, 0.29) is 24.4 Å². The fourth-order valence-corrected chi connectivity index (χ4v) is 4.56. The molecule has 0 saturated carbocycles. The van der Waals surface area contributed by atoms with E-state index in [4.69, 9.17) is 4.74 Å². The topological polar surface area (TPSA) is 66.8 Å². The zero-order chi connectivity index (χ0) is 18.8. The van der Waals surface area contributed by atoms with Crippen LogP contribution >= 0.6 is 23.3 Å². The lowest BCUT2D eigenvalue weighted by Gasteiger charge is -2.26. The Bertz CT molecular complexity index is 914. The van der Waals surface area contributed by atoms with Crippen molar-refractivity contribution in [1.29, 1.82) is 0 Å². The van der Waals surface area contributed by atoms with E-state index in [0.717, 1.165) is 16.5 Å². The highest BCUT2D eigenvalue weighted by molar-refractivity contribution is 7.97. The molecule has 3 heterocycles. The van der Waals surface area contributed by atoms with Gasteiger partial charge in [0.15, 0.2) is 10.8 Å². The lowest BCUT2D eigenvalue weighted by Crippen LogP contribution is -2.36. The second-order valence-electron chi connectivity index (χ2n) is 6.06. The fraction of sp³-hybridized carbons (Fsp3) is 0.278. The van der Waals surface area contributed by atoms with Crippen LogP contribution in [0.4, 0.5) is 4.39 Å². The number of halogens is 1. The van der Waals surface area contributed by atoms with Crippen molar-refractivity contribution >= 4 is 35.1 Å². The Morgan fingerprint density at radius 1 is 1.44 bits per heavy atom. The van der Waals surface area contributed by atoms with Crippen molar-refractivity contribution in [3.8, 4) is 0 Å². The van der Waals surface area contributed by atoms with Crippen molar-refractivity contribution in [2.45, 2.75) is 17.4 Å². The lowest BCUT2D eigenvalue weighted by atomic mass is 10.1. The quantitative estimate of drug-likeness (QED) is 0.611. The molecule has 1 unspecified atom stereocenters. The summed E-state index contributed by atoms with van der Waals surface area (Å²) in [7, 11) is 1.37. The number of carbonyl (C=O) groups is 1. The summed E-state index contributed by atoms with van der Waals surface area (Å²) in [6.45, 7) is 0.899. The molecule has 1 fully saturated rings. The number of hydrogen-bond donors (Lipinski definition) is 1. The van der Waals surface area contributed by atoms with E-state index in [1.165, 1.54) is 36.5 Å². The van der Waals surface area contributed by atoms with Gasteiger partial charge in [-0.05, 0) is 24.1 Å². The van der Waals surface area contributed by atoms with E-state index >= 15 is 0 Å². The molecule has 1 N–H and O–H groups in total. The van der Waals surface area contributed by atoms with Crippen molar-refractivity contribution in [2.75, 3.05) is 20.2 Å². The molecule has 2 aromatic rings. The molecule has 2 aliphatic heterocycles. The maximum absolute atomic E-state index is 13.9. The van der Waals surface area contributed by atoms with Crippen LogP contribution in [0.2, 0.25) is 0 Å². The summed E-state index contributed by atoms with van der Waals surface area (Å²) in [6, 6.07) is 6.67. The summed E-state index contributed by atoms with van der Waals surface area (Å²) in [6.07, 6.45) is 2.37. The van der Waals surface area contributed by atoms with Gasteiger partial charge in [0.05, 0.1) is 24.1 Å². The van der Waals surface area contributed by atoms with Gasteiger partial charge >= 0.3 is 5.97 Å². The highest BCUT2D eigenvalue weighted by Crippen LogP contribution is 2.33. The normalized spacial score (nSPS) is 19.1. The molecule has 0 bridgehead atoms. The first-order chi connectivity index (χ1) is 13.2. The van der Waals surface area contributed by atoms with Gasteiger partial charge in [-0.25, -0.2) is 14.2 Å². The molecule has 27 heavy (non-hydrogen) atoms. The minimum atomic E-state index is -0.362. The van der Waals surface area contributed by atoms with Crippen molar-refractivity contribution in [3.05, 3.63) is 57.9 Å². The third-order valence-corrected chi connectivity index (χ3v) is 6.16. The van der Waals surface area contributed by atoms with Gasteiger partial charge in [-0.15, -0.1) is 11.3 Å². The van der Waals surface area contributed by atoms with Crippen LogP contribution in [-0.2, 0) is 9.53 Å². The summed E-state index contributed by atoms with van der Waals surface area (Å²) in [4.78, 5) is 23.7. The largest absolute Gasteiger partial charge is 0.466 e. The maximum Gasteiger partial charge on any atom is 0.337 e. The number of aromatic nitrogens is 1. The van der Waals surface area contributed by atoms with Gasteiger partial charge < -0.3 is 9.64 Å². The summed E-state index contributed by atoms with van der Waals surface area (Å²) >= 11 is 2.77. The molecule has 6 nitrogen and oxygen atoms in total. The third-order valence-electron chi connectivity index (χ3n) is 4.39. The Balaban J connectivity index is 1.56. The number of amidine groups is 1. The number of esters is 1. The number of hydrogen-bond acceptors (Lipinski definition) is 8. The van der Waals surface area contributed by atoms with Crippen LogP contribution in [0, 0.1) is 5.82 Å². The molecule has 1 atom stereocenters. The first-order valence-corrected chi connectivity index (χ1v) is 10.1. The van der Waals surface area contributed by atoms with Gasteiger partial charge in [0.2, 0.25) is 0 Å². The summed E-state index contributed by atoms with van der Waals surface area (Å²) < 4.78 is 22.1. The molecular formula is C18H17FN4O2S2. The Kier molecular flexibility index (Phi) is 5.24. The molecule has 0 amide bonds. The number of thiazole rings is 1. The van der Waals surface area contributed by atoms with Crippen LogP contribution in [0.15, 0.2) is 57.0 Å². The first kappa shape index (κ1) is 18.1. The van der Waals surface area contributed by atoms with Crippen LogP contribution in [-0.4, -0.2) is 47.9 Å². The zero-order valence-corrected chi connectivity index (χ0v) is 16.1. The molecule has 9 heteroatoms. The Morgan fingerprint density at radius 3 is 3.04 bits per heavy atom. The predicted octanol–water partition coefficient (Wildman–Crippen LogP) is 2.84. The number of fused-ring (bicyclic) bond motifs is 1. The molecule has 0 spiro atoms. The number of nitrogens with zero attached hydrogens (tertiary/aromatic N) is 3. The molecule has 4 rings (SSSR count). The average molecular weight is 404 g/mol. The number of carbonyl (C=O) groups excluding carboxylic acids is 1. The monoisotopic (exact) mass is 404 g/mol. The molecule has 1 aromatic heterocycles. The van der Waals surface area contributed by atoms with Crippen LogP contribution in [0.3, 0.4) is 0 Å². The minimum Gasteiger partial charge on any atom is -0.466 e. The predicted molar refractivity (Wildman–Crippen MR) is 103 cm³/mol. The molecular weight excluding hydrogens is 387 g/mol. The van der Waals surface area contributed by atoms with E-state index in [1.54, 1.807) is 24.4 Å². The van der Waals surface area contributed by atoms with Gasteiger partial charge in [0.1, 0.15) is 5.82 Å². The van der Waals surface area contributed by atoms with Crippen LogP contribution in [0.5, 0.6) is 0 Å². The summed E-state index contributed by atoms with van der Waals surface area (Å²) in [5.74, 6) is 0.150. The van der Waals surface area contributed by atoms with Gasteiger partial charge in [0, 0.05) is 36.3 Å². The Morgan fingerprint density at radius 2 is 2.30 bits per heavy atom. The van der Waals surface area contributed by atoms with Crippen molar-refractivity contribution < 1.29 is 13.9 Å². The van der Waals surface area contributed by atoms with E-state index < -0.39 is 0 Å². The summed E-state index contributed by atoms with van der Waals surface area (Å²) in [5, 5.41) is 2.72. The van der Waals surface area contributed by atoms with Crippen LogP contribution in [0.25, 0.3) is 0 Å². The van der Waals surface area contributed by atoms with E-state index in [9.17, 15) is 9.18 Å². The average Bonchev–Trinajstić information content (AvgIpc) is 3.36. The summed E-state index contributed by atoms with van der Waals surface area (Å²) in [5.41, 5.74) is 1.46. The Labute approximate surface area is 164 Å². The lowest BCUT2D eigenvalue weighted by molar-refractivity contribution is -0.136. The molecule has 0 radical (unpaired) electrons. The number of aliphatic imine (C=N–C) groups is 1. The number of rotatable bonds is 5. The molecule has 1 saturated heterocycles. The van der Waals surface area contributed by atoms with E-state index in [1.807, 2.05) is 10.3 Å². The van der Waals surface area contributed by atoms with Crippen LogP contribution < -0.4 is 4.72 Å². The number of nitrogens with one attached hydrogen (secondary N) is 1. The molecule has 1 aromatic carbocycles. The highest BCUT2D eigenvalue weighted by Gasteiger charge is 2.37. The molecule has 140 valence electrons. The van der Waals surface area contributed by atoms with Crippen LogP contribution in [0.1, 0.15) is 11.4 Å². The Hall–Kier alpha value is -2.23. The van der Waals surface area contributed by atoms with Gasteiger partial charge in [-0.3, -0.25) is 9.71 Å². The second-order valence-corrected chi connectivity index (χ2v) is 7.83. The number of methoxy groups -OCH3 is 1.